The molecule has 1 aliphatic rings. The van der Waals surface area contributed by atoms with Gasteiger partial charge in [-0.3, -0.25) is 0 Å². The molecule has 126 valence electrons. The molecule has 1 N–H and O–H groups in total. The molecule has 23 heavy (non-hydrogen) atoms. The van der Waals surface area contributed by atoms with Crippen LogP contribution in [0.15, 0.2) is 29.8 Å². The van der Waals surface area contributed by atoms with Crippen molar-refractivity contribution in [1.82, 2.24) is 10.2 Å². The summed E-state index contributed by atoms with van der Waals surface area (Å²) in [5, 5.41) is 2.91. The number of carbonyl (C=O) groups is 1. The van der Waals surface area contributed by atoms with E-state index in [2.05, 4.69) is 11.4 Å². The first-order valence-electron chi connectivity index (χ1n) is 8.09. The molecule has 0 aromatic heterocycles. The van der Waals surface area contributed by atoms with Gasteiger partial charge in [-0.05, 0) is 49.8 Å². The molecule has 1 aromatic carbocycles. The molecule has 0 radical (unpaired) electrons. The predicted octanol–water partition coefficient (Wildman–Crippen LogP) is 3.87. The Labute approximate surface area is 137 Å². The van der Waals surface area contributed by atoms with Crippen molar-refractivity contribution in [3.63, 3.8) is 0 Å². The van der Waals surface area contributed by atoms with Crippen LogP contribution in [0.3, 0.4) is 0 Å². The number of urea groups is 1. The Bertz CT molecular complexity index is 572. The van der Waals surface area contributed by atoms with Gasteiger partial charge < -0.3 is 15.0 Å². The van der Waals surface area contributed by atoms with Crippen LogP contribution in [-0.2, 0) is 6.54 Å². The molecular formula is C18H25FN2O2. The summed E-state index contributed by atoms with van der Waals surface area (Å²) in [6.45, 7) is 1.00. The van der Waals surface area contributed by atoms with E-state index in [0.29, 0.717) is 13.1 Å². The molecule has 0 saturated carbocycles. The summed E-state index contributed by atoms with van der Waals surface area (Å²) in [4.78, 5) is 13.6. The Balaban J connectivity index is 1.78. The second kappa shape index (κ2) is 8.56. The number of ether oxygens (including phenoxy) is 1. The summed E-state index contributed by atoms with van der Waals surface area (Å²) < 4.78 is 18.6. The smallest absolute Gasteiger partial charge is 0.317 e. The lowest BCUT2D eigenvalue weighted by Gasteiger charge is -2.19. The van der Waals surface area contributed by atoms with E-state index in [4.69, 9.17) is 4.74 Å². The van der Waals surface area contributed by atoms with Crippen LogP contribution in [0.2, 0.25) is 0 Å². The van der Waals surface area contributed by atoms with Gasteiger partial charge >= 0.3 is 6.03 Å². The van der Waals surface area contributed by atoms with Crippen molar-refractivity contribution in [2.24, 2.45) is 0 Å². The third-order valence-corrected chi connectivity index (χ3v) is 4.09. The number of nitrogens with zero attached hydrogens (tertiary/aromatic N) is 1. The fourth-order valence-electron chi connectivity index (χ4n) is 2.75. The minimum absolute atomic E-state index is 0.141. The second-order valence-corrected chi connectivity index (χ2v) is 5.92. The van der Waals surface area contributed by atoms with E-state index in [-0.39, 0.29) is 11.8 Å². The van der Waals surface area contributed by atoms with Crippen LogP contribution >= 0.6 is 0 Å². The highest BCUT2D eigenvalue weighted by molar-refractivity contribution is 5.73. The van der Waals surface area contributed by atoms with E-state index in [1.165, 1.54) is 31.6 Å². The number of methoxy groups -OCH3 is 1. The monoisotopic (exact) mass is 320 g/mol. The van der Waals surface area contributed by atoms with Crippen LogP contribution in [-0.4, -0.2) is 31.6 Å². The average molecular weight is 320 g/mol. The molecular weight excluding hydrogens is 295 g/mol. The van der Waals surface area contributed by atoms with E-state index in [0.717, 1.165) is 24.8 Å². The Morgan fingerprint density at radius 3 is 2.87 bits per heavy atom. The van der Waals surface area contributed by atoms with Crippen molar-refractivity contribution in [2.45, 2.75) is 38.6 Å². The number of rotatable bonds is 6. The first-order valence-corrected chi connectivity index (χ1v) is 8.09. The summed E-state index contributed by atoms with van der Waals surface area (Å²) in [7, 11) is 3.14. The summed E-state index contributed by atoms with van der Waals surface area (Å²) in [5.41, 5.74) is 2.17. The zero-order valence-corrected chi connectivity index (χ0v) is 13.9. The zero-order chi connectivity index (χ0) is 16.7. The standard InChI is InChI=1S/C18H25FN2O2/c1-21(13-15-8-9-17(23-2)16(19)12-15)18(22)20-11-10-14-6-4-3-5-7-14/h6,8-9,12H,3-5,7,10-11,13H2,1-2H3,(H,20,22). The maximum Gasteiger partial charge on any atom is 0.317 e. The Morgan fingerprint density at radius 1 is 1.39 bits per heavy atom. The molecule has 4 nitrogen and oxygen atoms in total. The van der Waals surface area contributed by atoms with Crippen molar-refractivity contribution in [1.29, 1.82) is 0 Å². The van der Waals surface area contributed by atoms with Gasteiger partial charge in [-0.15, -0.1) is 0 Å². The molecule has 0 aliphatic heterocycles. The van der Waals surface area contributed by atoms with Crippen LogP contribution in [0.4, 0.5) is 9.18 Å². The Kier molecular flexibility index (Phi) is 6.44. The summed E-state index contributed by atoms with van der Waals surface area (Å²) in [6, 6.07) is 4.59. The van der Waals surface area contributed by atoms with Crippen molar-refractivity contribution in [3.8, 4) is 5.75 Å². The van der Waals surface area contributed by atoms with Crippen LogP contribution in [0.5, 0.6) is 5.75 Å². The van der Waals surface area contributed by atoms with Gasteiger partial charge in [-0.2, -0.15) is 0 Å². The highest BCUT2D eigenvalue weighted by Gasteiger charge is 2.11. The topological polar surface area (TPSA) is 41.6 Å². The molecule has 0 spiro atoms. The first kappa shape index (κ1) is 17.3. The van der Waals surface area contributed by atoms with Gasteiger partial charge in [0.15, 0.2) is 11.6 Å². The Hall–Kier alpha value is -2.04. The highest BCUT2D eigenvalue weighted by Crippen LogP contribution is 2.20. The molecule has 2 amide bonds. The van der Waals surface area contributed by atoms with Crippen molar-refractivity contribution in [3.05, 3.63) is 41.2 Å². The number of nitrogens with one attached hydrogen (secondary N) is 1. The van der Waals surface area contributed by atoms with E-state index >= 15 is 0 Å². The number of benzene rings is 1. The number of hydrogen-bond donors (Lipinski definition) is 1. The number of amides is 2. The third kappa shape index (κ3) is 5.27. The van der Waals surface area contributed by atoms with Crippen LogP contribution in [0.1, 0.15) is 37.7 Å². The highest BCUT2D eigenvalue weighted by atomic mass is 19.1. The summed E-state index contributed by atoms with van der Waals surface area (Å²) in [6.07, 6.45) is 8.04. The first-order chi connectivity index (χ1) is 11.1. The number of hydrogen-bond acceptors (Lipinski definition) is 2. The predicted molar refractivity (Wildman–Crippen MR) is 89.0 cm³/mol. The maximum absolute atomic E-state index is 13.7. The fraction of sp³-hybridized carbons (Fsp3) is 0.500. The molecule has 1 aromatic rings. The second-order valence-electron chi connectivity index (χ2n) is 5.92. The molecule has 0 bridgehead atoms. The van der Waals surface area contributed by atoms with Crippen LogP contribution in [0.25, 0.3) is 0 Å². The SMILES string of the molecule is COc1ccc(CN(C)C(=O)NCCC2=CCCCC2)cc1F. The van der Waals surface area contributed by atoms with Gasteiger partial charge in [0.2, 0.25) is 0 Å². The van der Waals surface area contributed by atoms with E-state index in [1.807, 2.05) is 0 Å². The van der Waals surface area contributed by atoms with E-state index < -0.39 is 5.82 Å². The van der Waals surface area contributed by atoms with Gasteiger partial charge in [-0.25, -0.2) is 9.18 Å². The molecule has 0 unspecified atom stereocenters. The third-order valence-electron chi connectivity index (χ3n) is 4.09. The number of allylic oxidation sites excluding steroid dienone is 1. The summed E-state index contributed by atoms with van der Waals surface area (Å²) >= 11 is 0. The molecule has 2 rings (SSSR count). The molecule has 0 atom stereocenters. The largest absolute Gasteiger partial charge is 0.494 e. The van der Waals surface area contributed by atoms with Crippen molar-refractivity contribution in [2.75, 3.05) is 20.7 Å². The fourth-order valence-corrected chi connectivity index (χ4v) is 2.75. The lowest BCUT2D eigenvalue weighted by Crippen LogP contribution is -2.37. The van der Waals surface area contributed by atoms with Gasteiger partial charge in [-0.1, -0.05) is 17.7 Å². The van der Waals surface area contributed by atoms with Crippen LogP contribution < -0.4 is 10.1 Å². The lowest BCUT2D eigenvalue weighted by atomic mass is 9.97. The van der Waals surface area contributed by atoms with Crippen LogP contribution in [0, 0.1) is 5.82 Å². The lowest BCUT2D eigenvalue weighted by molar-refractivity contribution is 0.207. The van der Waals surface area contributed by atoms with Gasteiger partial charge in [0.25, 0.3) is 0 Å². The average Bonchev–Trinajstić information content (AvgIpc) is 2.56. The van der Waals surface area contributed by atoms with Gasteiger partial charge in [0, 0.05) is 20.1 Å². The van der Waals surface area contributed by atoms with Gasteiger partial charge in [0.05, 0.1) is 7.11 Å². The maximum atomic E-state index is 13.7. The summed E-state index contributed by atoms with van der Waals surface area (Å²) in [5.74, 6) is -0.204. The minimum Gasteiger partial charge on any atom is -0.494 e. The number of carbonyl (C=O) groups excluding carboxylic acids is 1. The normalized spacial score (nSPS) is 14.1. The van der Waals surface area contributed by atoms with Crippen molar-refractivity contribution >= 4 is 6.03 Å². The molecule has 0 saturated heterocycles. The van der Waals surface area contributed by atoms with E-state index in [9.17, 15) is 9.18 Å². The molecule has 0 heterocycles. The number of halogens is 1. The quantitative estimate of drug-likeness (QED) is 0.809. The Morgan fingerprint density at radius 2 is 2.22 bits per heavy atom. The van der Waals surface area contributed by atoms with E-state index in [1.54, 1.807) is 24.1 Å². The molecule has 1 aliphatic carbocycles. The minimum atomic E-state index is -0.414. The molecule has 5 heteroatoms. The molecule has 0 fully saturated rings. The zero-order valence-electron chi connectivity index (χ0n) is 13.9. The van der Waals surface area contributed by atoms with Gasteiger partial charge in [0.1, 0.15) is 0 Å². The van der Waals surface area contributed by atoms with Crippen molar-refractivity contribution < 1.29 is 13.9 Å².